The molecule has 1 aromatic carbocycles. The molecule has 0 fully saturated rings. The Labute approximate surface area is 121 Å². The summed E-state index contributed by atoms with van der Waals surface area (Å²) in [6, 6.07) is 9.47. The van der Waals surface area contributed by atoms with Crippen molar-refractivity contribution in [2.24, 2.45) is 0 Å². The Kier molecular flexibility index (Phi) is 4.45. The molecule has 1 heterocycles. The first kappa shape index (κ1) is 14.6. The number of benzene rings is 1. The highest BCUT2D eigenvalue weighted by molar-refractivity contribution is 7.89. The van der Waals surface area contributed by atoms with E-state index in [4.69, 9.17) is 21.3 Å². The highest BCUT2D eigenvalue weighted by Crippen LogP contribution is 2.22. The van der Waals surface area contributed by atoms with Gasteiger partial charge < -0.3 is 4.42 Å². The summed E-state index contributed by atoms with van der Waals surface area (Å²) in [6.07, 6.45) is 1.96. The first-order valence-electron chi connectivity index (χ1n) is 5.74. The van der Waals surface area contributed by atoms with E-state index in [1.165, 1.54) is 24.5 Å². The Hall–Kier alpha value is -1.81. The second kappa shape index (κ2) is 6.09. The van der Waals surface area contributed by atoms with E-state index in [1.54, 1.807) is 12.1 Å². The minimum absolute atomic E-state index is 0.0782. The summed E-state index contributed by atoms with van der Waals surface area (Å²) < 4.78 is 31.8. The van der Waals surface area contributed by atoms with Crippen LogP contribution in [0, 0.1) is 11.3 Å². The molecule has 0 aliphatic carbocycles. The molecule has 1 N–H and O–H groups in total. The van der Waals surface area contributed by atoms with E-state index in [0.717, 1.165) is 0 Å². The van der Waals surface area contributed by atoms with Crippen molar-refractivity contribution in [3.05, 3.63) is 52.9 Å². The van der Waals surface area contributed by atoms with Crippen LogP contribution in [0.25, 0.3) is 0 Å². The van der Waals surface area contributed by atoms with E-state index in [-0.39, 0.29) is 22.0 Å². The van der Waals surface area contributed by atoms with Gasteiger partial charge in [-0.2, -0.15) is 5.26 Å². The van der Waals surface area contributed by atoms with Crippen LogP contribution >= 0.6 is 11.6 Å². The first-order valence-corrected chi connectivity index (χ1v) is 7.61. The lowest BCUT2D eigenvalue weighted by Gasteiger charge is -2.08. The van der Waals surface area contributed by atoms with Gasteiger partial charge in [0.25, 0.3) is 0 Å². The predicted octanol–water partition coefficient (Wildman–Crippen LogP) is 2.33. The quantitative estimate of drug-likeness (QED) is 0.918. The Bertz CT molecular complexity index is 733. The number of hydrogen-bond donors (Lipinski definition) is 1. The number of halogens is 1. The van der Waals surface area contributed by atoms with Gasteiger partial charge in [-0.05, 0) is 30.3 Å². The van der Waals surface area contributed by atoms with Crippen LogP contribution in [-0.4, -0.2) is 15.0 Å². The number of hydrogen-bond acceptors (Lipinski definition) is 4. The first-order chi connectivity index (χ1) is 9.53. The summed E-state index contributed by atoms with van der Waals surface area (Å²) in [5, 5.41) is 8.88. The Balaban J connectivity index is 2.12. The SMILES string of the molecule is N#Cc1ccc(Cl)c(S(=O)(=O)NCCc2ccco2)c1. The van der Waals surface area contributed by atoms with Crippen molar-refractivity contribution < 1.29 is 12.8 Å². The molecule has 0 aliphatic rings. The predicted molar refractivity (Wildman–Crippen MR) is 73.8 cm³/mol. The number of rotatable bonds is 5. The van der Waals surface area contributed by atoms with Crippen LogP contribution in [0.15, 0.2) is 45.9 Å². The number of furan rings is 1. The number of nitriles is 1. The molecule has 2 rings (SSSR count). The molecule has 0 aliphatic heterocycles. The molecule has 0 spiro atoms. The van der Waals surface area contributed by atoms with Gasteiger partial charge >= 0.3 is 0 Å². The normalized spacial score (nSPS) is 11.2. The van der Waals surface area contributed by atoms with Gasteiger partial charge in [-0.15, -0.1) is 0 Å². The van der Waals surface area contributed by atoms with Crippen molar-refractivity contribution in [1.82, 2.24) is 4.72 Å². The molecule has 0 amide bonds. The maximum Gasteiger partial charge on any atom is 0.242 e. The maximum atomic E-state index is 12.1. The monoisotopic (exact) mass is 310 g/mol. The average molecular weight is 311 g/mol. The van der Waals surface area contributed by atoms with Gasteiger partial charge in [0, 0.05) is 13.0 Å². The molecule has 5 nitrogen and oxygen atoms in total. The summed E-state index contributed by atoms with van der Waals surface area (Å²) in [5.74, 6) is 0.685. The van der Waals surface area contributed by atoms with E-state index in [0.29, 0.717) is 12.2 Å². The molecule has 0 unspecified atom stereocenters. The molecule has 0 saturated heterocycles. The second-order valence-electron chi connectivity index (χ2n) is 3.98. The maximum absolute atomic E-state index is 12.1. The smallest absolute Gasteiger partial charge is 0.242 e. The summed E-state index contributed by atoms with van der Waals surface area (Å²) in [5.41, 5.74) is 0.237. The molecule has 0 atom stereocenters. The molecule has 0 radical (unpaired) electrons. The fourth-order valence-electron chi connectivity index (χ4n) is 1.62. The summed E-state index contributed by atoms with van der Waals surface area (Å²) >= 11 is 5.87. The van der Waals surface area contributed by atoms with Gasteiger partial charge in [-0.25, -0.2) is 13.1 Å². The van der Waals surface area contributed by atoms with Crippen molar-refractivity contribution in [2.75, 3.05) is 6.54 Å². The zero-order chi connectivity index (χ0) is 14.6. The van der Waals surface area contributed by atoms with Crippen molar-refractivity contribution >= 4 is 21.6 Å². The number of sulfonamides is 1. The van der Waals surface area contributed by atoms with Crippen LogP contribution in [0.5, 0.6) is 0 Å². The minimum atomic E-state index is -3.75. The summed E-state index contributed by atoms with van der Waals surface area (Å²) in [7, 11) is -3.75. The molecular formula is C13H11ClN2O3S. The van der Waals surface area contributed by atoms with Crippen LogP contribution in [0.1, 0.15) is 11.3 Å². The molecule has 7 heteroatoms. The third-order valence-electron chi connectivity index (χ3n) is 2.59. The number of nitrogens with zero attached hydrogens (tertiary/aromatic N) is 1. The van der Waals surface area contributed by atoms with E-state index in [1.807, 2.05) is 6.07 Å². The van der Waals surface area contributed by atoms with Gasteiger partial charge in [-0.3, -0.25) is 0 Å². The number of nitrogens with one attached hydrogen (secondary N) is 1. The van der Waals surface area contributed by atoms with Gasteiger partial charge in [-0.1, -0.05) is 11.6 Å². The zero-order valence-electron chi connectivity index (χ0n) is 10.3. The Morgan fingerprint density at radius 3 is 2.80 bits per heavy atom. The van der Waals surface area contributed by atoms with Crippen LogP contribution in [-0.2, 0) is 16.4 Å². The van der Waals surface area contributed by atoms with Crippen LogP contribution in [0.3, 0.4) is 0 Å². The van der Waals surface area contributed by atoms with E-state index in [2.05, 4.69) is 4.72 Å². The average Bonchev–Trinajstić information content (AvgIpc) is 2.92. The van der Waals surface area contributed by atoms with Gasteiger partial charge in [0.2, 0.25) is 10.0 Å². The largest absolute Gasteiger partial charge is 0.469 e. The van der Waals surface area contributed by atoms with Crippen LogP contribution in [0.2, 0.25) is 5.02 Å². The van der Waals surface area contributed by atoms with Crippen molar-refractivity contribution in [2.45, 2.75) is 11.3 Å². The van der Waals surface area contributed by atoms with Gasteiger partial charge in [0.15, 0.2) is 0 Å². The second-order valence-corrected chi connectivity index (χ2v) is 6.13. The third-order valence-corrected chi connectivity index (χ3v) is 4.54. The van der Waals surface area contributed by atoms with Gasteiger partial charge in [0.05, 0.1) is 22.9 Å². The van der Waals surface area contributed by atoms with E-state index in [9.17, 15) is 8.42 Å². The Morgan fingerprint density at radius 1 is 1.35 bits per heavy atom. The standard InChI is InChI=1S/C13H11ClN2O3S/c14-12-4-3-10(9-15)8-13(12)20(17,18)16-6-5-11-2-1-7-19-11/h1-4,7-8,16H,5-6H2. The van der Waals surface area contributed by atoms with Gasteiger partial charge in [0.1, 0.15) is 10.7 Å². The molecule has 1 aromatic heterocycles. The summed E-state index contributed by atoms with van der Waals surface area (Å²) in [4.78, 5) is -0.0994. The van der Waals surface area contributed by atoms with E-state index >= 15 is 0 Å². The topological polar surface area (TPSA) is 83.1 Å². The molecular weight excluding hydrogens is 300 g/mol. The highest BCUT2D eigenvalue weighted by Gasteiger charge is 2.18. The Morgan fingerprint density at radius 2 is 2.15 bits per heavy atom. The molecule has 104 valence electrons. The fourth-order valence-corrected chi connectivity index (χ4v) is 3.18. The lowest BCUT2D eigenvalue weighted by Crippen LogP contribution is -2.26. The molecule has 0 bridgehead atoms. The van der Waals surface area contributed by atoms with Crippen LogP contribution < -0.4 is 4.72 Å². The van der Waals surface area contributed by atoms with Crippen molar-refractivity contribution in [3.63, 3.8) is 0 Å². The summed E-state index contributed by atoms with van der Waals surface area (Å²) in [6.45, 7) is 0.183. The molecule has 2 aromatic rings. The highest BCUT2D eigenvalue weighted by atomic mass is 35.5. The zero-order valence-corrected chi connectivity index (χ0v) is 11.9. The lowest BCUT2D eigenvalue weighted by atomic mass is 10.2. The lowest BCUT2D eigenvalue weighted by molar-refractivity contribution is 0.506. The van der Waals surface area contributed by atoms with Crippen molar-refractivity contribution in [1.29, 1.82) is 5.26 Å². The minimum Gasteiger partial charge on any atom is -0.469 e. The molecule has 20 heavy (non-hydrogen) atoms. The fraction of sp³-hybridized carbons (Fsp3) is 0.154. The van der Waals surface area contributed by atoms with E-state index < -0.39 is 10.0 Å². The third kappa shape index (κ3) is 3.39. The van der Waals surface area contributed by atoms with Crippen molar-refractivity contribution in [3.8, 4) is 6.07 Å². The van der Waals surface area contributed by atoms with Crippen LogP contribution in [0.4, 0.5) is 0 Å². The molecule has 0 saturated carbocycles.